The topological polar surface area (TPSA) is 117 Å². The summed E-state index contributed by atoms with van der Waals surface area (Å²) in [5, 5.41) is 16.1. The van der Waals surface area contributed by atoms with Gasteiger partial charge in [-0.2, -0.15) is 5.26 Å². The van der Waals surface area contributed by atoms with Crippen LogP contribution in [0.4, 0.5) is 0 Å². The zero-order valence-corrected chi connectivity index (χ0v) is 20.5. The highest BCUT2D eigenvalue weighted by molar-refractivity contribution is 5.95. The van der Waals surface area contributed by atoms with Crippen LogP contribution >= 0.6 is 0 Å². The average Bonchev–Trinajstić information content (AvgIpc) is 2.95. The van der Waals surface area contributed by atoms with Gasteiger partial charge in [-0.3, -0.25) is 14.6 Å². The summed E-state index contributed by atoms with van der Waals surface area (Å²) in [6.45, 7) is 2.79. The molecule has 5 rings (SSSR count). The van der Waals surface area contributed by atoms with E-state index >= 15 is 0 Å². The minimum absolute atomic E-state index is 0.140. The smallest absolute Gasteiger partial charge is 0.251 e. The van der Waals surface area contributed by atoms with Crippen molar-refractivity contribution in [3.8, 4) is 17.3 Å². The summed E-state index contributed by atoms with van der Waals surface area (Å²) in [4.78, 5) is 33.9. The molecular formula is C29H25N5O3. The number of pyridine rings is 2. The van der Waals surface area contributed by atoms with Gasteiger partial charge in [0.1, 0.15) is 5.41 Å². The molecule has 37 heavy (non-hydrogen) atoms. The fourth-order valence-electron chi connectivity index (χ4n) is 4.42. The predicted molar refractivity (Wildman–Crippen MR) is 139 cm³/mol. The molecule has 0 fully saturated rings. The van der Waals surface area contributed by atoms with Crippen molar-refractivity contribution < 1.29 is 14.3 Å². The van der Waals surface area contributed by atoms with E-state index in [4.69, 9.17) is 9.72 Å². The number of amides is 2. The van der Waals surface area contributed by atoms with E-state index in [1.54, 1.807) is 37.5 Å². The first-order chi connectivity index (χ1) is 17.9. The number of benzene rings is 2. The molecule has 0 spiro atoms. The number of carbonyl (C=O) groups excluding carboxylic acids is 2. The number of hydrogen-bond donors (Lipinski definition) is 2. The zero-order valence-electron chi connectivity index (χ0n) is 20.5. The number of fused-ring (bicyclic) bond motifs is 2. The van der Waals surface area contributed by atoms with Crippen LogP contribution in [0.1, 0.15) is 44.5 Å². The van der Waals surface area contributed by atoms with Crippen LogP contribution in [0.2, 0.25) is 0 Å². The van der Waals surface area contributed by atoms with Crippen molar-refractivity contribution in [3.63, 3.8) is 0 Å². The number of nitriles is 1. The molecule has 1 atom stereocenters. The molecule has 0 saturated carbocycles. The second kappa shape index (κ2) is 9.80. The molecule has 4 aromatic rings. The zero-order chi connectivity index (χ0) is 26.0. The van der Waals surface area contributed by atoms with Gasteiger partial charge in [0.05, 0.1) is 42.7 Å². The van der Waals surface area contributed by atoms with Gasteiger partial charge in [-0.25, -0.2) is 4.98 Å². The van der Waals surface area contributed by atoms with Crippen LogP contribution in [0, 0.1) is 11.3 Å². The molecule has 184 valence electrons. The van der Waals surface area contributed by atoms with E-state index in [0.717, 1.165) is 33.3 Å². The number of nitrogens with one attached hydrogen (secondary N) is 2. The van der Waals surface area contributed by atoms with Crippen molar-refractivity contribution in [1.82, 2.24) is 20.6 Å². The van der Waals surface area contributed by atoms with E-state index in [9.17, 15) is 14.9 Å². The van der Waals surface area contributed by atoms with Gasteiger partial charge >= 0.3 is 0 Å². The molecule has 0 aliphatic carbocycles. The summed E-state index contributed by atoms with van der Waals surface area (Å²) < 4.78 is 5.55. The van der Waals surface area contributed by atoms with Crippen LogP contribution in [-0.2, 0) is 23.3 Å². The maximum Gasteiger partial charge on any atom is 0.251 e. The van der Waals surface area contributed by atoms with Crippen molar-refractivity contribution in [3.05, 3.63) is 94.8 Å². The van der Waals surface area contributed by atoms with E-state index < -0.39 is 5.41 Å². The molecule has 0 saturated heterocycles. The summed E-state index contributed by atoms with van der Waals surface area (Å²) in [6.07, 6.45) is 1.74. The van der Waals surface area contributed by atoms with Crippen LogP contribution in [-0.4, -0.2) is 35.4 Å². The molecule has 8 heteroatoms. The molecule has 1 aliphatic heterocycles. The summed E-state index contributed by atoms with van der Waals surface area (Å²) in [7, 11) is 1.60. The van der Waals surface area contributed by atoms with E-state index in [-0.39, 0.29) is 18.4 Å². The van der Waals surface area contributed by atoms with Crippen LogP contribution in [0.25, 0.3) is 22.2 Å². The molecule has 8 nitrogen and oxygen atoms in total. The highest BCUT2D eigenvalue weighted by Gasteiger charge is 2.33. The van der Waals surface area contributed by atoms with Crippen molar-refractivity contribution in [2.24, 2.45) is 0 Å². The normalized spacial score (nSPS) is 16.5. The Hall–Kier alpha value is -4.61. The predicted octanol–water partition coefficient (Wildman–Crippen LogP) is 3.90. The second-order valence-electron chi connectivity index (χ2n) is 9.21. The average molecular weight is 492 g/mol. The third-order valence-electron chi connectivity index (χ3n) is 6.59. The molecule has 0 radical (unpaired) electrons. The van der Waals surface area contributed by atoms with Crippen molar-refractivity contribution >= 4 is 22.7 Å². The molecule has 2 amide bonds. The molecule has 0 bridgehead atoms. The lowest BCUT2D eigenvalue weighted by molar-refractivity contribution is 0.0757. The van der Waals surface area contributed by atoms with Gasteiger partial charge in [-0.15, -0.1) is 0 Å². The molecule has 3 heterocycles. The monoisotopic (exact) mass is 491 g/mol. The third kappa shape index (κ3) is 4.77. The molecule has 2 aromatic carbocycles. The lowest BCUT2D eigenvalue weighted by Gasteiger charge is -2.30. The van der Waals surface area contributed by atoms with Gasteiger partial charge in [-0.05, 0) is 60.5 Å². The fraction of sp³-hybridized carbons (Fsp3) is 0.207. The Morgan fingerprint density at radius 1 is 1.05 bits per heavy atom. The number of nitrogens with zero attached hydrogens (tertiary/aromatic N) is 3. The Kier molecular flexibility index (Phi) is 6.38. The van der Waals surface area contributed by atoms with Gasteiger partial charge in [0.2, 0.25) is 0 Å². The first-order valence-electron chi connectivity index (χ1n) is 11.9. The summed E-state index contributed by atoms with van der Waals surface area (Å²) in [6, 6.07) is 20.7. The van der Waals surface area contributed by atoms with Crippen LogP contribution in [0.3, 0.4) is 0 Å². The highest BCUT2D eigenvalue weighted by Crippen LogP contribution is 2.32. The molecule has 0 unspecified atom stereocenters. The van der Waals surface area contributed by atoms with Gasteiger partial charge in [-0.1, -0.05) is 18.2 Å². The SMILES string of the molecule is CNC(=O)c1ccc(-c2ccc3cnc(CNC(=O)c4ccc5c(c4)[C@](C)(C#N)COC5)cc3n2)cc1. The minimum Gasteiger partial charge on any atom is -0.375 e. The summed E-state index contributed by atoms with van der Waals surface area (Å²) >= 11 is 0. The molecule has 2 aromatic heterocycles. The third-order valence-corrected chi connectivity index (χ3v) is 6.59. The Labute approximate surface area is 214 Å². The van der Waals surface area contributed by atoms with Crippen molar-refractivity contribution in [1.29, 1.82) is 5.26 Å². The second-order valence-corrected chi connectivity index (χ2v) is 9.21. The van der Waals surface area contributed by atoms with E-state index in [2.05, 4.69) is 21.7 Å². The van der Waals surface area contributed by atoms with Crippen molar-refractivity contribution in [2.45, 2.75) is 25.5 Å². The number of hydrogen-bond acceptors (Lipinski definition) is 6. The first-order valence-corrected chi connectivity index (χ1v) is 11.9. The van der Waals surface area contributed by atoms with Crippen LogP contribution in [0.5, 0.6) is 0 Å². The maximum atomic E-state index is 12.9. The van der Waals surface area contributed by atoms with E-state index in [1.165, 1.54) is 0 Å². The van der Waals surface area contributed by atoms with Gasteiger partial charge in [0.25, 0.3) is 11.8 Å². The molecule has 1 aliphatic rings. The van der Waals surface area contributed by atoms with Crippen LogP contribution in [0.15, 0.2) is 66.9 Å². The largest absolute Gasteiger partial charge is 0.375 e. The maximum absolute atomic E-state index is 12.9. The summed E-state index contributed by atoms with van der Waals surface area (Å²) in [5.41, 5.74) is 5.14. The highest BCUT2D eigenvalue weighted by atomic mass is 16.5. The van der Waals surface area contributed by atoms with Gasteiger partial charge in [0, 0.05) is 35.3 Å². The quantitative estimate of drug-likeness (QED) is 0.437. The Morgan fingerprint density at radius 2 is 1.84 bits per heavy atom. The lowest BCUT2D eigenvalue weighted by atomic mass is 9.79. The van der Waals surface area contributed by atoms with E-state index in [0.29, 0.717) is 30.0 Å². The van der Waals surface area contributed by atoms with Crippen LogP contribution < -0.4 is 10.6 Å². The lowest BCUT2D eigenvalue weighted by Crippen LogP contribution is -2.33. The number of ether oxygens (including phenoxy) is 1. The standard InChI is InChI=1S/C29H25N5O3/c1-29(16-30)17-37-15-22-8-7-20(11-24(22)29)28(36)33-14-23-12-26-21(13-32-23)9-10-25(34-26)18-3-5-19(6-4-18)27(35)31-2/h3-13H,14-15,17H2,1-2H3,(H,31,35)(H,33,36)/t29-/m1/s1. The molecular weight excluding hydrogens is 466 g/mol. The Balaban J connectivity index is 1.33. The number of aromatic nitrogens is 2. The van der Waals surface area contributed by atoms with Gasteiger partial charge < -0.3 is 15.4 Å². The number of rotatable bonds is 5. The Morgan fingerprint density at radius 3 is 2.59 bits per heavy atom. The van der Waals surface area contributed by atoms with E-state index in [1.807, 2.05) is 43.3 Å². The summed E-state index contributed by atoms with van der Waals surface area (Å²) in [5.74, 6) is -0.381. The fourth-order valence-corrected chi connectivity index (χ4v) is 4.42. The Bertz CT molecular complexity index is 1560. The van der Waals surface area contributed by atoms with Gasteiger partial charge in [0.15, 0.2) is 0 Å². The molecule has 2 N–H and O–H groups in total. The number of carbonyl (C=O) groups is 2. The minimum atomic E-state index is -0.782. The van der Waals surface area contributed by atoms with Crippen molar-refractivity contribution in [2.75, 3.05) is 13.7 Å². The first kappa shape index (κ1) is 24.1.